The van der Waals surface area contributed by atoms with Crippen LogP contribution >= 0.6 is 0 Å². The van der Waals surface area contributed by atoms with Crippen molar-refractivity contribution in [1.82, 2.24) is 9.47 Å². The molecule has 0 bridgehead atoms. The summed E-state index contributed by atoms with van der Waals surface area (Å²) in [7, 11) is 0. The lowest BCUT2D eigenvalue weighted by atomic mass is 10.0. The summed E-state index contributed by atoms with van der Waals surface area (Å²) in [4.78, 5) is 4.99. The lowest BCUT2D eigenvalue weighted by Gasteiger charge is -2.37. The summed E-state index contributed by atoms with van der Waals surface area (Å²) in [6.07, 6.45) is 0.917. The largest absolute Gasteiger partial charge is 0.369 e. The number of nitrogens with two attached hydrogens (primary N) is 1. The van der Waals surface area contributed by atoms with Crippen molar-refractivity contribution in [2.24, 2.45) is 5.73 Å². The Kier molecular flexibility index (Phi) is 5.66. The quantitative estimate of drug-likeness (QED) is 0.506. The summed E-state index contributed by atoms with van der Waals surface area (Å²) in [6, 6.07) is 26.5. The fourth-order valence-electron chi connectivity index (χ4n) is 5.09. The second kappa shape index (κ2) is 8.74. The third kappa shape index (κ3) is 4.06. The number of hydrogen-bond donors (Lipinski definition) is 1. The van der Waals surface area contributed by atoms with Crippen molar-refractivity contribution in [3.8, 4) is 0 Å². The first-order valence-corrected chi connectivity index (χ1v) is 11.5. The predicted octanol–water partition coefficient (Wildman–Crippen LogP) is 4.51. The molecule has 1 aliphatic rings. The molecule has 0 amide bonds. The average Bonchev–Trinajstić information content (AvgIpc) is 3.13. The van der Waals surface area contributed by atoms with E-state index in [1.807, 2.05) is 0 Å². The van der Waals surface area contributed by atoms with Gasteiger partial charge in [0.05, 0.1) is 0 Å². The molecule has 1 aromatic heterocycles. The van der Waals surface area contributed by atoms with Gasteiger partial charge >= 0.3 is 0 Å². The van der Waals surface area contributed by atoms with Gasteiger partial charge in [-0.1, -0.05) is 48.5 Å². The fraction of sp³-hybridized carbons (Fsp3) is 0.333. The Morgan fingerprint density at radius 1 is 0.806 bits per heavy atom. The third-order valence-corrected chi connectivity index (χ3v) is 6.64. The van der Waals surface area contributed by atoms with E-state index < -0.39 is 0 Å². The van der Waals surface area contributed by atoms with E-state index in [1.54, 1.807) is 0 Å². The zero-order chi connectivity index (χ0) is 21.2. The Bertz CT molecular complexity index is 1160. The van der Waals surface area contributed by atoms with E-state index in [-0.39, 0.29) is 6.04 Å². The topological polar surface area (TPSA) is 37.4 Å². The number of hydrogen-bond acceptors (Lipinski definition) is 3. The molecule has 2 N–H and O–H groups in total. The van der Waals surface area contributed by atoms with Gasteiger partial charge in [0.25, 0.3) is 0 Å². The van der Waals surface area contributed by atoms with Gasteiger partial charge in [-0.05, 0) is 43.2 Å². The Hall–Kier alpha value is -2.82. The maximum atomic E-state index is 6.61. The van der Waals surface area contributed by atoms with Crippen molar-refractivity contribution in [1.29, 1.82) is 0 Å². The Labute approximate surface area is 184 Å². The molecule has 0 saturated carbocycles. The molecule has 3 aromatic carbocycles. The second-order valence-electron chi connectivity index (χ2n) is 8.70. The standard InChI is InChI=1S/C27H32N4/c1-2-31-26-11-7-6-10-24(26)25-13-12-21(19-27(25)31)18-22(28)20-29-14-16-30(17-15-29)23-8-4-3-5-9-23/h3-13,19,22H,2,14-18,20,28H2,1H3. The molecule has 0 spiro atoms. The molecule has 2 heterocycles. The Balaban J connectivity index is 1.24. The second-order valence-corrected chi connectivity index (χ2v) is 8.70. The number of rotatable bonds is 6. The van der Waals surface area contributed by atoms with E-state index in [4.69, 9.17) is 5.73 Å². The van der Waals surface area contributed by atoms with Crippen LogP contribution in [0.4, 0.5) is 5.69 Å². The third-order valence-electron chi connectivity index (χ3n) is 6.64. The highest BCUT2D eigenvalue weighted by Gasteiger charge is 2.19. The van der Waals surface area contributed by atoms with Gasteiger partial charge in [-0.2, -0.15) is 0 Å². The zero-order valence-corrected chi connectivity index (χ0v) is 18.4. The van der Waals surface area contributed by atoms with E-state index in [9.17, 15) is 0 Å². The Morgan fingerprint density at radius 2 is 1.52 bits per heavy atom. The maximum Gasteiger partial charge on any atom is 0.0494 e. The van der Waals surface area contributed by atoms with E-state index in [0.29, 0.717) is 0 Å². The first kappa shape index (κ1) is 20.1. The van der Waals surface area contributed by atoms with Gasteiger partial charge in [0, 0.05) is 72.8 Å². The van der Waals surface area contributed by atoms with Crippen molar-refractivity contribution < 1.29 is 0 Å². The number of benzene rings is 3. The van der Waals surface area contributed by atoms with Gasteiger partial charge in [0.15, 0.2) is 0 Å². The molecule has 0 aliphatic carbocycles. The Morgan fingerprint density at radius 3 is 2.29 bits per heavy atom. The van der Waals surface area contributed by atoms with Gasteiger partial charge in [-0.25, -0.2) is 0 Å². The van der Waals surface area contributed by atoms with Crippen LogP contribution in [-0.2, 0) is 13.0 Å². The molecule has 1 saturated heterocycles. The first-order chi connectivity index (χ1) is 15.2. The van der Waals surface area contributed by atoms with Crippen LogP contribution in [0.5, 0.6) is 0 Å². The molecule has 4 nitrogen and oxygen atoms in total. The molecule has 0 radical (unpaired) electrons. The number of aromatic nitrogens is 1. The zero-order valence-electron chi connectivity index (χ0n) is 18.4. The minimum absolute atomic E-state index is 0.153. The molecule has 5 rings (SSSR count). The normalized spacial score (nSPS) is 16.3. The lowest BCUT2D eigenvalue weighted by molar-refractivity contribution is 0.242. The molecule has 1 aliphatic heterocycles. The molecule has 1 atom stereocenters. The number of anilines is 1. The highest BCUT2D eigenvalue weighted by molar-refractivity contribution is 6.08. The van der Waals surface area contributed by atoms with Crippen LogP contribution in [0.2, 0.25) is 0 Å². The lowest BCUT2D eigenvalue weighted by Crippen LogP contribution is -2.50. The minimum Gasteiger partial charge on any atom is -0.369 e. The minimum atomic E-state index is 0.153. The van der Waals surface area contributed by atoms with Crippen LogP contribution in [0.1, 0.15) is 12.5 Å². The van der Waals surface area contributed by atoms with Gasteiger partial charge in [-0.15, -0.1) is 0 Å². The number of piperazine rings is 1. The van der Waals surface area contributed by atoms with Crippen LogP contribution in [0.15, 0.2) is 72.8 Å². The van der Waals surface area contributed by atoms with Crippen molar-refractivity contribution in [2.45, 2.75) is 25.9 Å². The van der Waals surface area contributed by atoms with Crippen LogP contribution < -0.4 is 10.6 Å². The molecule has 1 unspecified atom stereocenters. The molecular formula is C27H32N4. The van der Waals surface area contributed by atoms with E-state index >= 15 is 0 Å². The van der Waals surface area contributed by atoms with Crippen molar-refractivity contribution in [2.75, 3.05) is 37.6 Å². The van der Waals surface area contributed by atoms with Crippen molar-refractivity contribution in [3.63, 3.8) is 0 Å². The van der Waals surface area contributed by atoms with Crippen LogP contribution in [0.3, 0.4) is 0 Å². The summed E-state index contributed by atoms with van der Waals surface area (Å²) in [5, 5.41) is 2.68. The van der Waals surface area contributed by atoms with Gasteiger partial charge in [0.1, 0.15) is 0 Å². The number of para-hydroxylation sites is 2. The van der Waals surface area contributed by atoms with E-state index in [0.717, 1.165) is 45.7 Å². The summed E-state index contributed by atoms with van der Waals surface area (Å²) in [5.41, 5.74) is 11.9. The molecule has 31 heavy (non-hydrogen) atoms. The number of fused-ring (bicyclic) bond motifs is 3. The molecule has 4 heteroatoms. The highest BCUT2D eigenvalue weighted by Crippen LogP contribution is 2.29. The summed E-state index contributed by atoms with van der Waals surface area (Å²) < 4.78 is 2.42. The highest BCUT2D eigenvalue weighted by atomic mass is 15.3. The fourth-order valence-corrected chi connectivity index (χ4v) is 5.09. The molecule has 4 aromatic rings. The molecule has 160 valence electrons. The smallest absolute Gasteiger partial charge is 0.0494 e. The van der Waals surface area contributed by atoms with Crippen LogP contribution in [0.25, 0.3) is 21.8 Å². The van der Waals surface area contributed by atoms with Crippen molar-refractivity contribution >= 4 is 27.5 Å². The van der Waals surface area contributed by atoms with Gasteiger partial charge in [-0.3, -0.25) is 4.90 Å². The first-order valence-electron chi connectivity index (χ1n) is 11.5. The van der Waals surface area contributed by atoms with E-state index in [1.165, 1.54) is 33.1 Å². The monoisotopic (exact) mass is 412 g/mol. The molecule has 1 fully saturated rings. The number of nitrogens with zero attached hydrogens (tertiary/aromatic N) is 3. The average molecular weight is 413 g/mol. The van der Waals surface area contributed by atoms with Gasteiger partial charge < -0.3 is 15.2 Å². The summed E-state index contributed by atoms with van der Waals surface area (Å²) >= 11 is 0. The number of aryl methyl sites for hydroxylation is 1. The van der Waals surface area contributed by atoms with Crippen LogP contribution in [-0.4, -0.2) is 48.2 Å². The maximum absolute atomic E-state index is 6.61. The SMILES string of the molecule is CCn1c2ccccc2c2ccc(CC(N)CN3CCN(c4ccccc4)CC3)cc21. The van der Waals surface area contributed by atoms with E-state index in [2.05, 4.69) is 94.1 Å². The van der Waals surface area contributed by atoms with Crippen molar-refractivity contribution in [3.05, 3.63) is 78.4 Å². The summed E-state index contributed by atoms with van der Waals surface area (Å²) in [5.74, 6) is 0. The van der Waals surface area contributed by atoms with Gasteiger partial charge in [0.2, 0.25) is 0 Å². The predicted molar refractivity (Wildman–Crippen MR) is 132 cm³/mol. The summed E-state index contributed by atoms with van der Waals surface area (Å²) in [6.45, 7) is 8.44. The van der Waals surface area contributed by atoms with Crippen LogP contribution in [0, 0.1) is 0 Å². The molecular weight excluding hydrogens is 380 g/mol.